The van der Waals surface area contributed by atoms with E-state index in [0.717, 1.165) is 17.9 Å². The molecular formula is C18H19N3O5. The highest BCUT2D eigenvalue weighted by Gasteiger charge is 2.46. The van der Waals surface area contributed by atoms with Crippen LogP contribution in [0.25, 0.3) is 0 Å². The molecule has 3 aliphatic heterocycles. The van der Waals surface area contributed by atoms with Gasteiger partial charge in [0.05, 0.1) is 23.4 Å². The Morgan fingerprint density at radius 3 is 2.69 bits per heavy atom. The minimum atomic E-state index is -0.944. The van der Waals surface area contributed by atoms with Crippen LogP contribution < -0.4 is 10.2 Å². The van der Waals surface area contributed by atoms with Gasteiger partial charge in [-0.1, -0.05) is 6.07 Å². The number of piperidine rings is 1. The van der Waals surface area contributed by atoms with Crippen molar-refractivity contribution in [3.05, 3.63) is 29.3 Å². The molecule has 1 unspecified atom stereocenters. The minimum Gasteiger partial charge on any atom is -0.380 e. The number of imide groups is 2. The van der Waals surface area contributed by atoms with Gasteiger partial charge in [0.15, 0.2) is 0 Å². The molecule has 2 saturated heterocycles. The van der Waals surface area contributed by atoms with Crippen LogP contribution in [0.4, 0.5) is 5.69 Å². The summed E-state index contributed by atoms with van der Waals surface area (Å²) >= 11 is 0. The van der Waals surface area contributed by atoms with Gasteiger partial charge >= 0.3 is 0 Å². The van der Waals surface area contributed by atoms with Crippen LogP contribution in [0.5, 0.6) is 0 Å². The summed E-state index contributed by atoms with van der Waals surface area (Å²) < 4.78 is 5.47. The molecule has 136 valence electrons. The molecule has 26 heavy (non-hydrogen) atoms. The second-order valence-electron chi connectivity index (χ2n) is 6.60. The highest BCUT2D eigenvalue weighted by molar-refractivity contribution is 6.25. The first-order valence-electron chi connectivity index (χ1n) is 8.75. The average Bonchev–Trinajstić information content (AvgIpc) is 2.82. The number of benzene rings is 1. The third kappa shape index (κ3) is 2.66. The van der Waals surface area contributed by atoms with Crippen molar-refractivity contribution in [2.45, 2.75) is 25.3 Å². The Hall–Kier alpha value is -2.74. The summed E-state index contributed by atoms with van der Waals surface area (Å²) in [5, 5.41) is 2.21. The lowest BCUT2D eigenvalue weighted by atomic mass is 10.0. The molecule has 4 amide bonds. The van der Waals surface area contributed by atoms with Gasteiger partial charge < -0.3 is 9.64 Å². The van der Waals surface area contributed by atoms with Crippen molar-refractivity contribution >= 4 is 29.3 Å². The lowest BCUT2D eigenvalue weighted by Crippen LogP contribution is -2.54. The quantitative estimate of drug-likeness (QED) is 0.766. The Balaban J connectivity index is 1.69. The number of amides is 4. The number of carbonyl (C=O) groups is 4. The molecule has 0 radical (unpaired) electrons. The Labute approximate surface area is 150 Å². The van der Waals surface area contributed by atoms with Crippen LogP contribution in [0.3, 0.4) is 0 Å². The number of anilines is 1. The molecule has 1 atom stereocenters. The van der Waals surface area contributed by atoms with E-state index < -0.39 is 23.8 Å². The molecule has 2 fully saturated rings. The summed E-state index contributed by atoms with van der Waals surface area (Å²) in [6.45, 7) is 2.59. The van der Waals surface area contributed by atoms with E-state index in [-0.39, 0.29) is 18.7 Å². The molecule has 4 rings (SSSR count). The van der Waals surface area contributed by atoms with Crippen LogP contribution in [0.15, 0.2) is 18.2 Å². The molecule has 0 saturated carbocycles. The average molecular weight is 357 g/mol. The van der Waals surface area contributed by atoms with Crippen molar-refractivity contribution in [1.82, 2.24) is 10.2 Å². The second kappa shape index (κ2) is 6.53. The summed E-state index contributed by atoms with van der Waals surface area (Å²) in [7, 11) is 0. The molecule has 0 aromatic heterocycles. The number of nitrogens with one attached hydrogen (secondary N) is 1. The first kappa shape index (κ1) is 16.7. The monoisotopic (exact) mass is 357 g/mol. The van der Waals surface area contributed by atoms with Crippen LogP contribution in [0, 0.1) is 0 Å². The van der Waals surface area contributed by atoms with E-state index in [2.05, 4.69) is 5.32 Å². The fourth-order valence-corrected chi connectivity index (χ4v) is 3.75. The van der Waals surface area contributed by atoms with Crippen molar-refractivity contribution in [2.75, 3.05) is 31.2 Å². The van der Waals surface area contributed by atoms with Gasteiger partial charge in [0, 0.05) is 26.1 Å². The van der Waals surface area contributed by atoms with E-state index >= 15 is 0 Å². The van der Waals surface area contributed by atoms with E-state index in [1.54, 1.807) is 12.1 Å². The van der Waals surface area contributed by atoms with Gasteiger partial charge in [-0.15, -0.1) is 0 Å². The van der Waals surface area contributed by atoms with Gasteiger partial charge in [0.1, 0.15) is 6.04 Å². The normalized spacial score (nSPS) is 23.8. The standard InChI is InChI=1S/C18H19N3O5/c22-14-6-5-13(16(23)19-14)21-17(24)11-3-1-4-12(15(11)18(21)25)20-7-2-9-26-10-8-20/h1,3-4,13H,2,5-10H2,(H,19,22,23). The second-order valence-corrected chi connectivity index (χ2v) is 6.60. The minimum absolute atomic E-state index is 0.111. The number of rotatable bonds is 2. The molecule has 1 aromatic rings. The molecule has 3 heterocycles. The number of hydrogen-bond donors (Lipinski definition) is 1. The maximum atomic E-state index is 13.1. The zero-order valence-electron chi connectivity index (χ0n) is 14.2. The topological polar surface area (TPSA) is 96.0 Å². The Morgan fingerprint density at radius 1 is 1.04 bits per heavy atom. The molecule has 8 nitrogen and oxygen atoms in total. The summed E-state index contributed by atoms with van der Waals surface area (Å²) in [6, 6.07) is 4.24. The summed E-state index contributed by atoms with van der Waals surface area (Å²) in [6.07, 6.45) is 1.10. The summed E-state index contributed by atoms with van der Waals surface area (Å²) in [5.74, 6) is -1.93. The highest BCUT2D eigenvalue weighted by atomic mass is 16.5. The third-order valence-corrected chi connectivity index (χ3v) is 5.01. The van der Waals surface area contributed by atoms with Gasteiger partial charge in [-0.2, -0.15) is 0 Å². The fourth-order valence-electron chi connectivity index (χ4n) is 3.75. The van der Waals surface area contributed by atoms with Crippen LogP contribution in [0.1, 0.15) is 40.0 Å². The SMILES string of the molecule is O=C1CCC(N2C(=O)c3cccc(N4CCCOCC4)c3C2=O)C(=O)N1. The molecule has 3 aliphatic rings. The van der Waals surface area contributed by atoms with E-state index in [4.69, 9.17) is 4.74 Å². The van der Waals surface area contributed by atoms with Gasteiger partial charge in [-0.25, -0.2) is 0 Å². The molecule has 8 heteroatoms. The molecule has 0 aliphatic carbocycles. The number of nitrogens with zero attached hydrogens (tertiary/aromatic N) is 2. The Morgan fingerprint density at radius 2 is 1.88 bits per heavy atom. The molecular weight excluding hydrogens is 338 g/mol. The number of fused-ring (bicyclic) bond motifs is 1. The van der Waals surface area contributed by atoms with Crippen molar-refractivity contribution in [2.24, 2.45) is 0 Å². The molecule has 1 aromatic carbocycles. The first-order valence-corrected chi connectivity index (χ1v) is 8.75. The number of hydrogen-bond acceptors (Lipinski definition) is 6. The number of ether oxygens (including phenoxy) is 1. The van der Waals surface area contributed by atoms with E-state index in [9.17, 15) is 19.2 Å². The first-order chi connectivity index (χ1) is 12.6. The van der Waals surface area contributed by atoms with E-state index in [0.29, 0.717) is 36.6 Å². The highest BCUT2D eigenvalue weighted by Crippen LogP contribution is 2.34. The van der Waals surface area contributed by atoms with E-state index in [1.165, 1.54) is 0 Å². The van der Waals surface area contributed by atoms with Gasteiger partial charge in [0.2, 0.25) is 11.8 Å². The fraction of sp³-hybridized carbons (Fsp3) is 0.444. The van der Waals surface area contributed by atoms with Crippen molar-refractivity contribution in [1.29, 1.82) is 0 Å². The summed E-state index contributed by atoms with van der Waals surface area (Å²) in [5.41, 5.74) is 1.34. The zero-order valence-corrected chi connectivity index (χ0v) is 14.2. The van der Waals surface area contributed by atoms with Crippen LogP contribution in [-0.4, -0.2) is 60.9 Å². The smallest absolute Gasteiger partial charge is 0.264 e. The Bertz CT molecular complexity index is 798. The van der Waals surface area contributed by atoms with Crippen molar-refractivity contribution in [3.8, 4) is 0 Å². The predicted molar refractivity (Wildman–Crippen MR) is 90.8 cm³/mol. The maximum absolute atomic E-state index is 13.1. The van der Waals surface area contributed by atoms with Gasteiger partial charge in [-0.05, 0) is 25.0 Å². The lowest BCUT2D eigenvalue weighted by molar-refractivity contribution is -0.136. The van der Waals surface area contributed by atoms with Crippen LogP contribution >= 0.6 is 0 Å². The lowest BCUT2D eigenvalue weighted by Gasteiger charge is -2.28. The van der Waals surface area contributed by atoms with Gasteiger partial charge in [-0.3, -0.25) is 29.4 Å². The largest absolute Gasteiger partial charge is 0.380 e. The van der Waals surface area contributed by atoms with Crippen LogP contribution in [-0.2, 0) is 14.3 Å². The maximum Gasteiger partial charge on any atom is 0.264 e. The Kier molecular flexibility index (Phi) is 4.20. The molecule has 0 spiro atoms. The number of carbonyl (C=O) groups excluding carboxylic acids is 4. The van der Waals surface area contributed by atoms with Crippen molar-refractivity contribution in [3.63, 3.8) is 0 Å². The molecule has 0 bridgehead atoms. The van der Waals surface area contributed by atoms with Crippen LogP contribution in [0.2, 0.25) is 0 Å². The predicted octanol–water partition coefficient (Wildman–Crippen LogP) is 0.314. The zero-order chi connectivity index (χ0) is 18.3. The molecule has 1 N–H and O–H groups in total. The van der Waals surface area contributed by atoms with Crippen molar-refractivity contribution < 1.29 is 23.9 Å². The van der Waals surface area contributed by atoms with Gasteiger partial charge in [0.25, 0.3) is 11.8 Å². The summed E-state index contributed by atoms with van der Waals surface area (Å²) in [4.78, 5) is 52.5. The third-order valence-electron chi connectivity index (χ3n) is 5.01. The van der Waals surface area contributed by atoms with E-state index in [1.807, 2.05) is 11.0 Å².